The number of aliphatic hydroxyl groups is 1. The summed E-state index contributed by atoms with van der Waals surface area (Å²) in [4.78, 5) is 15.8. The van der Waals surface area contributed by atoms with Gasteiger partial charge >= 0.3 is 0 Å². The smallest absolute Gasteiger partial charge is 0.238 e. The van der Waals surface area contributed by atoms with Crippen molar-refractivity contribution in [2.75, 3.05) is 38.2 Å². The fourth-order valence-electron chi connectivity index (χ4n) is 5.99. The Morgan fingerprint density at radius 2 is 1.86 bits per heavy atom. The number of sulfonamides is 1. The first-order valence-corrected chi connectivity index (χ1v) is 13.8. The van der Waals surface area contributed by atoms with Crippen LogP contribution < -0.4 is 20.6 Å². The molecule has 0 spiro atoms. The minimum Gasteiger partial charge on any atom is -0.496 e. The number of nitrogens with zero attached hydrogens (tertiary/aromatic N) is 3. The summed E-state index contributed by atoms with van der Waals surface area (Å²) in [6, 6.07) is 1.96. The molecule has 2 aliphatic rings. The number of fused-ring (bicyclic) bond motifs is 1. The van der Waals surface area contributed by atoms with Gasteiger partial charge in [0.1, 0.15) is 18.4 Å². The van der Waals surface area contributed by atoms with E-state index in [1.54, 1.807) is 13.4 Å². The molecule has 0 aliphatic carbocycles. The van der Waals surface area contributed by atoms with E-state index in [0.717, 1.165) is 74.1 Å². The van der Waals surface area contributed by atoms with Crippen LogP contribution in [0.25, 0.3) is 10.8 Å². The van der Waals surface area contributed by atoms with Gasteiger partial charge in [-0.3, -0.25) is 0 Å². The average molecular weight is 518 g/mol. The number of likely N-dealkylation sites (tertiary alicyclic amines) is 1. The van der Waals surface area contributed by atoms with Gasteiger partial charge in [0.2, 0.25) is 10.0 Å². The number of hydrazone groups is 1. The number of methoxy groups -OCH3 is 1. The van der Waals surface area contributed by atoms with E-state index in [-0.39, 0.29) is 22.8 Å². The first kappa shape index (κ1) is 26.2. The van der Waals surface area contributed by atoms with Gasteiger partial charge in [0.05, 0.1) is 24.3 Å². The van der Waals surface area contributed by atoms with E-state index < -0.39 is 16.6 Å². The molecular formula is C25H35N5O5S. The van der Waals surface area contributed by atoms with Crippen LogP contribution in [-0.2, 0) is 27.8 Å². The number of carbonyl (C=O) groups is 1. The Bertz CT molecular complexity index is 1280. The highest BCUT2D eigenvalue weighted by atomic mass is 32.2. The maximum atomic E-state index is 12.9. The number of piperidine rings is 1. The zero-order chi connectivity index (χ0) is 26.0. The monoisotopic (exact) mass is 517 g/mol. The highest BCUT2D eigenvalue weighted by Gasteiger charge is 2.32. The van der Waals surface area contributed by atoms with Crippen molar-refractivity contribution in [2.24, 2.45) is 16.1 Å². The van der Waals surface area contributed by atoms with E-state index in [4.69, 9.17) is 15.7 Å². The number of ether oxygens (including phenoxy) is 1. The lowest BCUT2D eigenvalue weighted by atomic mass is 9.84. The molecule has 2 aromatic carbocycles. The molecule has 5 N–H and O–H groups in total. The van der Waals surface area contributed by atoms with Gasteiger partial charge in [0, 0.05) is 54.7 Å². The topological polar surface area (TPSA) is 152 Å². The maximum Gasteiger partial charge on any atom is 0.238 e. The quantitative estimate of drug-likeness (QED) is 0.157. The Kier molecular flexibility index (Phi) is 7.72. The number of aryl methyl sites for hydroxylation is 1. The van der Waals surface area contributed by atoms with E-state index in [2.05, 4.69) is 14.9 Å². The number of hydrogen-bond acceptors (Lipinski definition) is 8. The molecular weight excluding hydrogens is 482 g/mol. The van der Waals surface area contributed by atoms with Gasteiger partial charge in [-0.15, -0.1) is 0 Å². The van der Waals surface area contributed by atoms with Gasteiger partial charge in [-0.05, 0) is 55.5 Å². The van der Waals surface area contributed by atoms with Crippen molar-refractivity contribution in [3.8, 4) is 5.75 Å². The van der Waals surface area contributed by atoms with Crippen LogP contribution in [0, 0.1) is 6.92 Å². The number of primary sulfonamides is 1. The van der Waals surface area contributed by atoms with E-state index in [0.29, 0.717) is 22.9 Å². The molecule has 0 radical (unpaired) electrons. The Balaban J connectivity index is 2.06. The second-order valence-electron chi connectivity index (χ2n) is 9.52. The molecule has 11 heteroatoms. The predicted octanol–water partition coefficient (Wildman–Crippen LogP) is 1.72. The number of hydrogen-bond donors (Lipinski definition) is 3. The number of benzene rings is 2. The number of anilines is 1. The molecule has 36 heavy (non-hydrogen) atoms. The summed E-state index contributed by atoms with van der Waals surface area (Å²) >= 11 is 0. The molecule has 2 aliphatic heterocycles. The first-order valence-electron chi connectivity index (χ1n) is 12.2. The minimum absolute atomic E-state index is 0.120. The Morgan fingerprint density at radius 3 is 2.39 bits per heavy atom. The van der Waals surface area contributed by atoms with Crippen molar-refractivity contribution in [1.29, 1.82) is 0 Å². The second kappa shape index (κ2) is 10.6. The molecule has 10 nitrogen and oxygen atoms in total. The predicted molar refractivity (Wildman–Crippen MR) is 140 cm³/mol. The van der Waals surface area contributed by atoms with Crippen molar-refractivity contribution < 1.29 is 23.1 Å². The zero-order valence-corrected chi connectivity index (χ0v) is 21.7. The highest BCUT2D eigenvalue weighted by molar-refractivity contribution is 7.89. The van der Waals surface area contributed by atoms with Gasteiger partial charge in [-0.2, -0.15) is 5.10 Å². The fourth-order valence-corrected chi connectivity index (χ4v) is 7.03. The van der Waals surface area contributed by atoms with Gasteiger partial charge in [0.15, 0.2) is 0 Å². The third-order valence-corrected chi connectivity index (χ3v) is 8.56. The van der Waals surface area contributed by atoms with Crippen molar-refractivity contribution in [3.63, 3.8) is 0 Å². The van der Waals surface area contributed by atoms with Gasteiger partial charge < -0.3 is 30.3 Å². The molecule has 0 aromatic heterocycles. The van der Waals surface area contributed by atoms with Crippen molar-refractivity contribution in [1.82, 2.24) is 4.90 Å². The Morgan fingerprint density at radius 1 is 1.19 bits per heavy atom. The molecule has 0 bridgehead atoms. The molecule has 2 fully saturated rings. The maximum absolute atomic E-state index is 12.9. The number of rotatable bonds is 8. The molecule has 2 aromatic rings. The SMILES string of the molecule is COc1c(C2CCN(C=NN)CC2)cc2c(CO)c(S(N)(=O)=O)c(CC=O)c(N3CCCC3)c2c1C. The van der Waals surface area contributed by atoms with Crippen molar-refractivity contribution in [3.05, 3.63) is 28.3 Å². The lowest BCUT2D eigenvalue weighted by Crippen LogP contribution is -2.32. The van der Waals surface area contributed by atoms with Crippen molar-refractivity contribution >= 4 is 39.1 Å². The summed E-state index contributed by atoms with van der Waals surface area (Å²) in [6.07, 6.45) is 5.82. The molecule has 0 saturated carbocycles. The molecule has 2 saturated heterocycles. The van der Waals surface area contributed by atoms with Gasteiger partial charge in [-0.25, -0.2) is 13.6 Å². The van der Waals surface area contributed by atoms with Crippen LogP contribution in [0.3, 0.4) is 0 Å². The summed E-state index contributed by atoms with van der Waals surface area (Å²) in [5.41, 5.74) is 3.11. The largest absolute Gasteiger partial charge is 0.496 e. The molecule has 0 atom stereocenters. The van der Waals surface area contributed by atoms with Crippen LogP contribution in [-0.4, -0.2) is 64.3 Å². The van der Waals surface area contributed by atoms with Crippen LogP contribution in [0.5, 0.6) is 5.75 Å². The van der Waals surface area contributed by atoms with Crippen LogP contribution in [0.4, 0.5) is 5.69 Å². The van der Waals surface area contributed by atoms with E-state index in [1.807, 2.05) is 13.0 Å². The molecule has 196 valence electrons. The van der Waals surface area contributed by atoms with E-state index >= 15 is 0 Å². The lowest BCUT2D eigenvalue weighted by Gasteiger charge is -2.33. The number of carbonyl (C=O) groups excluding carboxylic acids is 1. The molecule has 2 heterocycles. The fraction of sp³-hybridized carbons (Fsp3) is 0.520. The van der Waals surface area contributed by atoms with Crippen molar-refractivity contribution in [2.45, 2.75) is 56.4 Å². The first-order chi connectivity index (χ1) is 17.3. The summed E-state index contributed by atoms with van der Waals surface area (Å²) in [7, 11) is -2.59. The second-order valence-corrected chi connectivity index (χ2v) is 11.0. The molecule has 0 amide bonds. The Hall–Kier alpha value is -2.89. The average Bonchev–Trinajstić information content (AvgIpc) is 3.38. The Labute approximate surface area is 211 Å². The number of nitrogens with two attached hydrogens (primary N) is 2. The van der Waals surface area contributed by atoms with E-state index in [9.17, 15) is 18.3 Å². The normalized spacial score (nSPS) is 17.4. The standard InChI is InChI=1S/C25H35N5O5S/c1-16-22-20(13-19(24(16)35-2)17-5-10-29(11-6-17)15-28-26)21(14-32)25(36(27,33)34)18(7-12-31)23(22)30-8-3-4-9-30/h12-13,15,17,32H,3-11,14,26H2,1-2H3,(H2,27,33,34). The lowest BCUT2D eigenvalue weighted by molar-refractivity contribution is -0.107. The van der Waals surface area contributed by atoms with Crippen LogP contribution in [0.1, 0.15) is 53.9 Å². The van der Waals surface area contributed by atoms with Gasteiger partial charge in [-0.1, -0.05) is 0 Å². The third-order valence-electron chi connectivity index (χ3n) is 7.50. The summed E-state index contributed by atoms with van der Waals surface area (Å²) in [5.74, 6) is 6.23. The minimum atomic E-state index is -4.23. The third kappa shape index (κ3) is 4.62. The zero-order valence-electron chi connectivity index (χ0n) is 20.9. The molecule has 4 rings (SSSR count). The van der Waals surface area contributed by atoms with Crippen LogP contribution >= 0.6 is 0 Å². The van der Waals surface area contributed by atoms with E-state index in [1.165, 1.54) is 0 Å². The number of aliphatic hydroxyl groups excluding tert-OH is 1. The van der Waals surface area contributed by atoms with Crippen LogP contribution in [0.15, 0.2) is 16.1 Å². The summed E-state index contributed by atoms with van der Waals surface area (Å²) in [5, 5.41) is 21.2. The number of aldehydes is 1. The summed E-state index contributed by atoms with van der Waals surface area (Å²) < 4.78 is 31.7. The van der Waals surface area contributed by atoms with Gasteiger partial charge in [0.25, 0.3) is 0 Å². The van der Waals surface area contributed by atoms with Crippen LogP contribution in [0.2, 0.25) is 0 Å². The molecule has 0 unspecified atom stereocenters. The summed E-state index contributed by atoms with van der Waals surface area (Å²) in [6.45, 7) is 4.48. The highest BCUT2D eigenvalue weighted by Crippen LogP contribution is 2.47.